The van der Waals surface area contributed by atoms with Crippen LogP contribution in [0.25, 0.3) is 0 Å². The largest absolute Gasteiger partial charge is 0.457 e. The number of aliphatic hydroxyl groups is 1. The van der Waals surface area contributed by atoms with Gasteiger partial charge in [0.2, 0.25) is 0 Å². The minimum atomic E-state index is -1.07. The van der Waals surface area contributed by atoms with Gasteiger partial charge < -0.3 is 24.8 Å². The Morgan fingerprint density at radius 3 is 2.18 bits per heavy atom. The molecule has 0 aromatic carbocycles. The Morgan fingerprint density at radius 2 is 1.73 bits per heavy atom. The molecule has 0 saturated carbocycles. The number of carbonyl (C=O) groups excluding carboxylic acids is 3. The van der Waals surface area contributed by atoms with Crippen molar-refractivity contribution in [3.05, 3.63) is 0 Å². The molecule has 0 radical (unpaired) electrons. The molecule has 0 heterocycles. The van der Waals surface area contributed by atoms with Crippen LogP contribution in [0.2, 0.25) is 0 Å². The monoisotopic (exact) mass is 318 g/mol. The number of amides is 2. The van der Waals surface area contributed by atoms with Gasteiger partial charge in [-0.05, 0) is 34.6 Å². The number of hydrogen-bond acceptors (Lipinski definition) is 6. The number of ether oxygens (including phenoxy) is 2. The van der Waals surface area contributed by atoms with E-state index in [4.69, 9.17) is 14.6 Å². The van der Waals surface area contributed by atoms with E-state index in [0.717, 1.165) is 4.90 Å². The van der Waals surface area contributed by atoms with Crippen molar-refractivity contribution in [2.75, 3.05) is 20.2 Å². The molecule has 2 atom stereocenters. The lowest BCUT2D eigenvalue weighted by Gasteiger charge is -2.26. The molecule has 8 heteroatoms. The van der Waals surface area contributed by atoms with Gasteiger partial charge in [0.1, 0.15) is 11.6 Å². The van der Waals surface area contributed by atoms with E-state index < -0.39 is 35.7 Å². The molecule has 22 heavy (non-hydrogen) atoms. The summed E-state index contributed by atoms with van der Waals surface area (Å²) in [6, 6.07) is -1.41. The van der Waals surface area contributed by atoms with Crippen LogP contribution in [0.15, 0.2) is 0 Å². The van der Waals surface area contributed by atoms with Gasteiger partial charge in [0.15, 0.2) is 6.10 Å². The molecular formula is C14H26N2O6. The minimum Gasteiger partial charge on any atom is -0.457 e. The quantitative estimate of drug-likeness (QED) is 0.682. The van der Waals surface area contributed by atoms with Crippen LogP contribution in [0.3, 0.4) is 0 Å². The third kappa shape index (κ3) is 7.26. The van der Waals surface area contributed by atoms with Crippen LogP contribution in [0.1, 0.15) is 34.6 Å². The molecule has 8 nitrogen and oxygen atoms in total. The van der Waals surface area contributed by atoms with E-state index in [1.54, 1.807) is 20.8 Å². The Morgan fingerprint density at radius 1 is 1.18 bits per heavy atom. The first-order valence-corrected chi connectivity index (χ1v) is 7.04. The molecule has 0 aliphatic heterocycles. The smallest absolute Gasteiger partial charge is 0.347 e. The van der Waals surface area contributed by atoms with E-state index in [1.165, 1.54) is 20.9 Å². The van der Waals surface area contributed by atoms with E-state index in [9.17, 15) is 14.4 Å². The minimum absolute atomic E-state index is 0.0826. The van der Waals surface area contributed by atoms with E-state index in [1.807, 2.05) is 0 Å². The highest BCUT2D eigenvalue weighted by Gasteiger charge is 2.29. The average molecular weight is 318 g/mol. The van der Waals surface area contributed by atoms with Crippen molar-refractivity contribution < 1.29 is 29.0 Å². The molecule has 0 bridgehead atoms. The Balaban J connectivity index is 4.51. The Labute approximate surface area is 130 Å². The first-order chi connectivity index (χ1) is 9.99. The number of urea groups is 1. The number of carbonyl (C=O) groups is 3. The van der Waals surface area contributed by atoms with E-state index in [0.29, 0.717) is 0 Å². The first-order valence-electron chi connectivity index (χ1n) is 7.04. The van der Waals surface area contributed by atoms with Crippen molar-refractivity contribution in [2.24, 2.45) is 0 Å². The summed E-state index contributed by atoms with van der Waals surface area (Å²) in [5.74, 6) is -1.37. The molecule has 2 N–H and O–H groups in total. The maximum absolute atomic E-state index is 11.9. The molecule has 0 aromatic heterocycles. The summed E-state index contributed by atoms with van der Waals surface area (Å²) in [5.41, 5.74) is -0.676. The summed E-state index contributed by atoms with van der Waals surface area (Å²) in [6.45, 7) is 7.89. The van der Waals surface area contributed by atoms with Crippen molar-refractivity contribution in [2.45, 2.75) is 52.4 Å². The number of rotatable bonds is 6. The van der Waals surface area contributed by atoms with Gasteiger partial charge in [0.05, 0.1) is 6.61 Å². The first kappa shape index (κ1) is 20.2. The lowest BCUT2D eigenvalue weighted by atomic mass is 10.2. The second-order valence-electron chi connectivity index (χ2n) is 5.86. The van der Waals surface area contributed by atoms with Gasteiger partial charge in [-0.1, -0.05) is 0 Å². The summed E-state index contributed by atoms with van der Waals surface area (Å²) < 4.78 is 10.1. The van der Waals surface area contributed by atoms with Crippen LogP contribution in [0, 0.1) is 0 Å². The van der Waals surface area contributed by atoms with E-state index >= 15 is 0 Å². The highest BCUT2D eigenvalue weighted by molar-refractivity contribution is 5.85. The zero-order valence-corrected chi connectivity index (χ0v) is 14.0. The third-order valence-electron chi connectivity index (χ3n) is 2.66. The molecule has 0 fully saturated rings. The maximum atomic E-state index is 11.9. The number of esters is 2. The molecule has 2 unspecified atom stereocenters. The van der Waals surface area contributed by atoms with Crippen LogP contribution in [-0.2, 0) is 19.1 Å². The predicted molar refractivity (Wildman–Crippen MR) is 79.1 cm³/mol. The summed E-state index contributed by atoms with van der Waals surface area (Å²) in [4.78, 5) is 36.5. The molecule has 128 valence electrons. The molecule has 2 amide bonds. The second kappa shape index (κ2) is 8.57. The number of nitrogens with one attached hydrogen (secondary N) is 1. The topological polar surface area (TPSA) is 105 Å². The molecule has 0 aromatic rings. The van der Waals surface area contributed by atoms with Gasteiger partial charge in [-0.3, -0.25) is 0 Å². The zero-order chi connectivity index (χ0) is 17.5. The van der Waals surface area contributed by atoms with Crippen molar-refractivity contribution in [3.8, 4) is 0 Å². The summed E-state index contributed by atoms with van der Waals surface area (Å²) in [6.07, 6.45) is -1.07. The van der Waals surface area contributed by atoms with Gasteiger partial charge in [0, 0.05) is 13.6 Å². The van der Waals surface area contributed by atoms with Crippen LogP contribution in [0.4, 0.5) is 4.79 Å². The lowest BCUT2D eigenvalue weighted by molar-refractivity contribution is -0.176. The number of nitrogens with zero attached hydrogens (tertiary/aromatic N) is 1. The Kier molecular flexibility index (Phi) is 7.86. The van der Waals surface area contributed by atoms with E-state index in [2.05, 4.69) is 5.32 Å². The van der Waals surface area contributed by atoms with Crippen molar-refractivity contribution in [1.82, 2.24) is 10.2 Å². The van der Waals surface area contributed by atoms with Crippen LogP contribution >= 0.6 is 0 Å². The van der Waals surface area contributed by atoms with Crippen LogP contribution < -0.4 is 5.32 Å². The van der Waals surface area contributed by atoms with Crippen molar-refractivity contribution in [1.29, 1.82) is 0 Å². The zero-order valence-electron chi connectivity index (χ0n) is 14.0. The summed E-state index contributed by atoms with van der Waals surface area (Å²) >= 11 is 0. The summed E-state index contributed by atoms with van der Waals surface area (Å²) in [5, 5.41) is 11.1. The van der Waals surface area contributed by atoms with Gasteiger partial charge in [-0.2, -0.15) is 0 Å². The van der Waals surface area contributed by atoms with Gasteiger partial charge in [-0.25, -0.2) is 14.4 Å². The number of likely N-dealkylation sites (N-methyl/N-ethyl adjacent to an activating group) is 1. The SMILES string of the molecule is CC(OC(=O)C(C)N(C)C(=O)NCCO)C(=O)OC(C)(C)C. The Bertz CT molecular complexity index is 405. The number of hydrogen-bond donors (Lipinski definition) is 2. The highest BCUT2D eigenvalue weighted by atomic mass is 16.6. The van der Waals surface area contributed by atoms with Crippen molar-refractivity contribution >= 4 is 18.0 Å². The van der Waals surface area contributed by atoms with Gasteiger partial charge in [-0.15, -0.1) is 0 Å². The fourth-order valence-electron chi connectivity index (χ4n) is 1.33. The molecule has 0 spiro atoms. The van der Waals surface area contributed by atoms with Crippen molar-refractivity contribution in [3.63, 3.8) is 0 Å². The summed E-state index contributed by atoms with van der Waals surface area (Å²) in [7, 11) is 1.41. The molecule has 0 rings (SSSR count). The fraction of sp³-hybridized carbons (Fsp3) is 0.786. The van der Waals surface area contributed by atoms with Crippen LogP contribution in [-0.4, -0.2) is 65.9 Å². The molecule has 0 aliphatic carbocycles. The van der Waals surface area contributed by atoms with Crippen LogP contribution in [0.5, 0.6) is 0 Å². The van der Waals surface area contributed by atoms with E-state index in [-0.39, 0.29) is 13.2 Å². The predicted octanol–water partition coefficient (Wildman–Crippen LogP) is 0.282. The third-order valence-corrected chi connectivity index (χ3v) is 2.66. The van der Waals surface area contributed by atoms with Gasteiger partial charge in [0.25, 0.3) is 0 Å². The fourth-order valence-corrected chi connectivity index (χ4v) is 1.33. The molecular weight excluding hydrogens is 292 g/mol. The number of aliphatic hydroxyl groups excluding tert-OH is 1. The molecule has 0 saturated heterocycles. The Hall–Kier alpha value is -1.83. The average Bonchev–Trinajstić information content (AvgIpc) is 2.40. The lowest BCUT2D eigenvalue weighted by Crippen LogP contribution is -2.48. The highest BCUT2D eigenvalue weighted by Crippen LogP contribution is 2.10. The van der Waals surface area contributed by atoms with Gasteiger partial charge >= 0.3 is 18.0 Å². The second-order valence-corrected chi connectivity index (χ2v) is 5.86. The maximum Gasteiger partial charge on any atom is 0.347 e. The standard InChI is InChI=1S/C14H26N2O6/c1-9(16(6)13(20)15-7-8-17)11(18)21-10(2)12(19)22-14(3,4)5/h9-10,17H,7-8H2,1-6H3,(H,15,20). The normalized spacial score (nSPS) is 13.8. The molecule has 0 aliphatic rings.